The van der Waals surface area contributed by atoms with Crippen LogP contribution < -0.4 is 10.1 Å². The summed E-state index contributed by atoms with van der Waals surface area (Å²) in [7, 11) is 1.60. The first-order valence-corrected chi connectivity index (χ1v) is 5.87. The summed E-state index contributed by atoms with van der Waals surface area (Å²) in [6.07, 6.45) is 6.52. The molecule has 0 unspecified atom stereocenters. The number of nitrogens with zero attached hydrogens (tertiary/aromatic N) is 4. The average Bonchev–Trinajstić information content (AvgIpc) is 2.87. The predicted octanol–water partition coefficient (Wildman–Crippen LogP) is 1.49. The summed E-state index contributed by atoms with van der Waals surface area (Å²) in [4.78, 5) is 12.5. The van der Waals surface area contributed by atoms with Crippen LogP contribution in [0.25, 0.3) is 0 Å². The maximum absolute atomic E-state index is 5.10. The molecule has 6 heteroatoms. The van der Waals surface area contributed by atoms with Crippen molar-refractivity contribution in [1.82, 2.24) is 19.5 Å². The van der Waals surface area contributed by atoms with Gasteiger partial charge in [0.1, 0.15) is 0 Å². The van der Waals surface area contributed by atoms with E-state index in [1.807, 2.05) is 24.0 Å². The predicted molar refractivity (Wildman–Crippen MR) is 68.7 cm³/mol. The summed E-state index contributed by atoms with van der Waals surface area (Å²) >= 11 is 0. The molecule has 0 fully saturated rings. The highest BCUT2D eigenvalue weighted by Gasteiger charge is 2.01. The van der Waals surface area contributed by atoms with Crippen molar-refractivity contribution in [3.8, 4) is 5.88 Å². The van der Waals surface area contributed by atoms with E-state index in [-0.39, 0.29) is 0 Å². The maximum atomic E-state index is 5.10. The number of imidazole rings is 1. The van der Waals surface area contributed by atoms with Crippen LogP contribution in [0.3, 0.4) is 0 Å². The van der Waals surface area contributed by atoms with Crippen LogP contribution in [0.1, 0.15) is 12.1 Å². The van der Waals surface area contributed by atoms with Crippen LogP contribution in [-0.2, 0) is 6.54 Å². The molecule has 0 aromatic carbocycles. The van der Waals surface area contributed by atoms with Crippen LogP contribution in [0.15, 0.2) is 24.8 Å². The molecule has 0 aliphatic carbocycles. The van der Waals surface area contributed by atoms with Crippen molar-refractivity contribution >= 4 is 5.95 Å². The number of nitrogens with one attached hydrogen (secondary N) is 1. The van der Waals surface area contributed by atoms with E-state index in [0.29, 0.717) is 11.8 Å². The average molecular weight is 247 g/mol. The van der Waals surface area contributed by atoms with Gasteiger partial charge in [-0.3, -0.25) is 0 Å². The molecule has 0 atom stereocenters. The number of aryl methyl sites for hydroxylation is 2. The molecule has 2 aromatic heterocycles. The lowest BCUT2D eigenvalue weighted by atomic mass is 10.4. The molecule has 0 aliphatic heterocycles. The molecule has 2 heterocycles. The van der Waals surface area contributed by atoms with E-state index in [1.165, 1.54) is 0 Å². The van der Waals surface area contributed by atoms with Crippen molar-refractivity contribution in [3.05, 3.63) is 30.5 Å². The zero-order valence-corrected chi connectivity index (χ0v) is 10.6. The van der Waals surface area contributed by atoms with Crippen LogP contribution in [0.2, 0.25) is 0 Å². The van der Waals surface area contributed by atoms with Crippen molar-refractivity contribution < 1.29 is 4.74 Å². The molecule has 0 amide bonds. The van der Waals surface area contributed by atoms with Crippen molar-refractivity contribution in [2.75, 3.05) is 19.0 Å². The van der Waals surface area contributed by atoms with Gasteiger partial charge in [-0.05, 0) is 13.3 Å². The molecule has 1 N–H and O–H groups in total. The Kier molecular flexibility index (Phi) is 4.11. The minimum absolute atomic E-state index is 0.583. The third-order valence-corrected chi connectivity index (χ3v) is 2.48. The maximum Gasteiger partial charge on any atom is 0.226 e. The molecule has 0 aliphatic rings. The first-order valence-electron chi connectivity index (χ1n) is 5.87. The first-order chi connectivity index (χ1) is 8.78. The Hall–Kier alpha value is -2.11. The first kappa shape index (κ1) is 12.3. The molecule has 96 valence electrons. The van der Waals surface area contributed by atoms with Crippen LogP contribution in [0, 0.1) is 6.92 Å². The van der Waals surface area contributed by atoms with Crippen LogP contribution >= 0.6 is 0 Å². The summed E-state index contributed by atoms with van der Waals surface area (Å²) in [6, 6.07) is 1.80. The fourth-order valence-corrected chi connectivity index (χ4v) is 1.60. The number of anilines is 1. The number of hydrogen-bond donors (Lipinski definition) is 1. The van der Waals surface area contributed by atoms with E-state index < -0.39 is 0 Å². The molecular weight excluding hydrogens is 230 g/mol. The second kappa shape index (κ2) is 6.00. The third-order valence-electron chi connectivity index (χ3n) is 2.48. The summed E-state index contributed by atoms with van der Waals surface area (Å²) in [6.45, 7) is 3.65. The van der Waals surface area contributed by atoms with E-state index >= 15 is 0 Å². The van der Waals surface area contributed by atoms with Gasteiger partial charge in [-0.15, -0.1) is 0 Å². The van der Waals surface area contributed by atoms with Gasteiger partial charge >= 0.3 is 0 Å². The fraction of sp³-hybridized carbons (Fsp3) is 0.417. The normalized spacial score (nSPS) is 10.3. The monoisotopic (exact) mass is 247 g/mol. The molecular formula is C12H17N5O. The van der Waals surface area contributed by atoms with Crippen molar-refractivity contribution in [2.45, 2.75) is 19.9 Å². The molecule has 6 nitrogen and oxygen atoms in total. The Bertz CT molecular complexity index is 483. The lowest BCUT2D eigenvalue weighted by Gasteiger charge is -2.07. The summed E-state index contributed by atoms with van der Waals surface area (Å²) in [5.74, 6) is 1.19. The molecule has 2 rings (SSSR count). The van der Waals surface area contributed by atoms with Gasteiger partial charge in [-0.1, -0.05) is 0 Å². The molecule has 0 saturated carbocycles. The van der Waals surface area contributed by atoms with Gasteiger partial charge in [0.25, 0.3) is 0 Å². The van der Waals surface area contributed by atoms with E-state index in [4.69, 9.17) is 4.74 Å². The molecule has 0 spiro atoms. The minimum Gasteiger partial charge on any atom is -0.481 e. The Morgan fingerprint density at radius 3 is 3.00 bits per heavy atom. The summed E-state index contributed by atoms with van der Waals surface area (Å²) < 4.78 is 7.14. The lowest BCUT2D eigenvalue weighted by Crippen LogP contribution is -2.09. The number of aromatic nitrogens is 4. The zero-order valence-electron chi connectivity index (χ0n) is 10.6. The highest BCUT2D eigenvalue weighted by Crippen LogP contribution is 2.10. The smallest absolute Gasteiger partial charge is 0.226 e. The molecule has 0 saturated heterocycles. The van der Waals surface area contributed by atoms with Crippen LogP contribution in [-0.4, -0.2) is 33.2 Å². The molecule has 0 bridgehead atoms. The van der Waals surface area contributed by atoms with E-state index in [9.17, 15) is 0 Å². The Morgan fingerprint density at radius 1 is 1.39 bits per heavy atom. The largest absolute Gasteiger partial charge is 0.481 e. The van der Waals surface area contributed by atoms with E-state index in [2.05, 4.69) is 20.3 Å². The summed E-state index contributed by atoms with van der Waals surface area (Å²) in [5, 5.41) is 3.19. The van der Waals surface area contributed by atoms with Gasteiger partial charge in [-0.2, -0.15) is 4.98 Å². The quantitative estimate of drug-likeness (QED) is 0.783. The van der Waals surface area contributed by atoms with Gasteiger partial charge in [0.15, 0.2) is 0 Å². The Labute approximate surface area is 106 Å². The van der Waals surface area contributed by atoms with Gasteiger partial charge < -0.3 is 14.6 Å². The second-order valence-corrected chi connectivity index (χ2v) is 3.96. The number of hydrogen-bond acceptors (Lipinski definition) is 5. The van der Waals surface area contributed by atoms with E-state index in [1.54, 1.807) is 19.4 Å². The molecule has 18 heavy (non-hydrogen) atoms. The minimum atomic E-state index is 0.583. The van der Waals surface area contributed by atoms with Crippen LogP contribution in [0.4, 0.5) is 5.95 Å². The summed E-state index contributed by atoms with van der Waals surface area (Å²) in [5.41, 5.74) is 0.888. The van der Waals surface area contributed by atoms with Gasteiger partial charge in [0, 0.05) is 37.2 Å². The fourth-order valence-electron chi connectivity index (χ4n) is 1.60. The third kappa shape index (κ3) is 3.44. The highest BCUT2D eigenvalue weighted by molar-refractivity contribution is 5.30. The second-order valence-electron chi connectivity index (χ2n) is 3.96. The number of ether oxygens (including phenoxy) is 1. The Morgan fingerprint density at radius 2 is 2.28 bits per heavy atom. The Balaban J connectivity index is 1.81. The van der Waals surface area contributed by atoms with Gasteiger partial charge in [0.05, 0.1) is 13.4 Å². The van der Waals surface area contributed by atoms with E-state index in [0.717, 1.165) is 25.2 Å². The number of methoxy groups -OCH3 is 1. The zero-order chi connectivity index (χ0) is 12.8. The van der Waals surface area contributed by atoms with Gasteiger partial charge in [0.2, 0.25) is 11.8 Å². The topological polar surface area (TPSA) is 64.9 Å². The van der Waals surface area contributed by atoms with Crippen molar-refractivity contribution in [3.63, 3.8) is 0 Å². The number of rotatable bonds is 6. The van der Waals surface area contributed by atoms with Crippen molar-refractivity contribution in [1.29, 1.82) is 0 Å². The van der Waals surface area contributed by atoms with Gasteiger partial charge in [-0.25, -0.2) is 9.97 Å². The standard InChI is InChI=1S/C12H17N5O/c1-10-8-11(18-2)16-12(15-10)14-4-3-6-17-7-5-13-9-17/h5,7-9H,3-4,6H2,1-2H3,(H,14,15,16). The highest BCUT2D eigenvalue weighted by atomic mass is 16.5. The van der Waals surface area contributed by atoms with Crippen molar-refractivity contribution in [2.24, 2.45) is 0 Å². The van der Waals surface area contributed by atoms with Crippen LogP contribution in [0.5, 0.6) is 5.88 Å². The SMILES string of the molecule is COc1cc(C)nc(NCCCn2ccnc2)n1. The molecule has 2 aromatic rings. The lowest BCUT2D eigenvalue weighted by molar-refractivity contribution is 0.397. The molecule has 0 radical (unpaired) electrons.